The smallest absolute Gasteiger partial charge is 0.478 e. The number of nitrogen functional groups attached to an aromatic ring is 1. The summed E-state index contributed by atoms with van der Waals surface area (Å²) in [4.78, 5) is 55.8. The van der Waals surface area contributed by atoms with Crippen LogP contribution in [0, 0.1) is 11.6 Å². The van der Waals surface area contributed by atoms with Crippen LogP contribution >= 0.6 is 11.6 Å². The van der Waals surface area contributed by atoms with Crippen molar-refractivity contribution in [3.05, 3.63) is 136 Å². The number of carbonyl (C=O) groups excluding carboxylic acids is 4. The molecule has 0 bridgehead atoms. The van der Waals surface area contributed by atoms with Crippen LogP contribution in [0.5, 0.6) is 34.5 Å². The number of rotatable bonds is 7. The molecule has 0 aromatic heterocycles. The third-order valence-corrected chi connectivity index (χ3v) is 8.49. The third-order valence-electron chi connectivity index (χ3n) is 8.27. The van der Waals surface area contributed by atoms with Crippen molar-refractivity contribution in [3.8, 4) is 34.5 Å². The highest BCUT2D eigenvalue weighted by molar-refractivity contribution is 6.67. The second-order valence-electron chi connectivity index (χ2n) is 12.6. The van der Waals surface area contributed by atoms with Crippen molar-refractivity contribution in [1.82, 2.24) is 0 Å². The van der Waals surface area contributed by atoms with E-state index in [1.54, 1.807) is 0 Å². The van der Waals surface area contributed by atoms with Gasteiger partial charge >= 0.3 is 36.8 Å². The second kappa shape index (κ2) is 19.3. The van der Waals surface area contributed by atoms with Crippen molar-refractivity contribution in [2.24, 2.45) is 0 Å². The Bertz CT molecular complexity index is 2610. The van der Waals surface area contributed by atoms with Crippen LogP contribution in [0.3, 0.4) is 0 Å². The number of hydrogen-bond donors (Lipinski definition) is 2. The number of alkyl halides is 6. The molecule has 3 heterocycles. The number of carboxylic acids is 1. The molecular weight excluding hydrogens is 918 g/mol. The summed E-state index contributed by atoms with van der Waals surface area (Å²) in [6.07, 6.45) is -11.5. The van der Waals surface area contributed by atoms with Gasteiger partial charge in [-0.25, -0.2) is 23.2 Å². The Morgan fingerprint density at radius 1 is 0.569 bits per heavy atom. The van der Waals surface area contributed by atoms with Gasteiger partial charge in [0.15, 0.2) is 46.1 Å². The summed E-state index contributed by atoms with van der Waals surface area (Å²) in [5.41, 5.74) is 4.71. The van der Waals surface area contributed by atoms with Gasteiger partial charge < -0.3 is 48.7 Å². The third kappa shape index (κ3) is 12.0. The zero-order chi connectivity index (χ0) is 48.0. The molecule has 0 saturated heterocycles. The number of fused-ring (bicyclic) bond motifs is 3. The molecule has 3 aliphatic heterocycles. The molecule has 0 amide bonds. The number of nitrogens with two attached hydrogens (primary N) is 1. The summed E-state index contributed by atoms with van der Waals surface area (Å²) in [7, 11) is 2.30. The molecule has 8 rings (SSSR count). The number of anilines is 1. The zero-order valence-corrected chi connectivity index (χ0v) is 33.4. The standard InChI is InChI=1S/C17H11F3O5.C8H3ClF2O3.C8H4F2O4.C8H8FNO2/c1-23-16(22)11-4-2-3-10(15(11)18)7-12(21)9-5-6-13-14(8-9)25-17(19,20)24-13;9-7(12)4-1-2-5-6(3-4)14-8(10,11)13-5;9-8(10)13-5-2-1-4(7(11)12)3-6(5)14-8;1-12-8(11)5-3-2-4-6(10)7(5)9/h2-6,8H,7H2,1H3;1-3H;1-3H,(H,11,12);2-4H,10H2,1H3. The number of carboxylic acid groups (broad SMARTS) is 1. The summed E-state index contributed by atoms with van der Waals surface area (Å²) in [6.45, 7) is 0. The van der Waals surface area contributed by atoms with Crippen molar-refractivity contribution in [1.29, 1.82) is 0 Å². The number of aromatic carboxylic acids is 1. The number of halogens is 9. The van der Waals surface area contributed by atoms with Gasteiger partial charge in [0.25, 0.3) is 5.24 Å². The molecule has 3 N–H and O–H groups in total. The Morgan fingerprint density at radius 2 is 0.954 bits per heavy atom. The number of hydrogen-bond acceptors (Lipinski definition) is 14. The SMILES string of the molecule is COC(=O)c1cccc(CC(=O)c2ccc3c(c2)OC(F)(F)O3)c1F.COC(=O)c1cccc(N)c1F.O=C(Cl)c1ccc2c(c1)OC(F)(F)O2.O=C(O)c1ccc2c(c1)OC(F)(F)O2. The van der Waals surface area contributed by atoms with Crippen LogP contribution in [0.15, 0.2) is 91.0 Å². The first-order valence-corrected chi connectivity index (χ1v) is 17.9. The molecule has 0 atom stereocenters. The Labute approximate surface area is 363 Å². The minimum atomic E-state index is -3.79. The van der Waals surface area contributed by atoms with Gasteiger partial charge in [0, 0.05) is 17.5 Å². The van der Waals surface area contributed by atoms with Crippen LogP contribution in [-0.4, -0.2) is 67.1 Å². The number of carbonyl (C=O) groups is 5. The average Bonchev–Trinajstić information content (AvgIpc) is 3.86. The maximum Gasteiger partial charge on any atom is 0.586 e. The van der Waals surface area contributed by atoms with Gasteiger partial charge in [0.1, 0.15) is 5.82 Å². The molecule has 0 spiro atoms. The summed E-state index contributed by atoms with van der Waals surface area (Å²) >= 11 is 5.15. The summed E-state index contributed by atoms with van der Waals surface area (Å²) in [5.74, 6) is -6.15. The quantitative estimate of drug-likeness (QED) is 0.0515. The van der Waals surface area contributed by atoms with Gasteiger partial charge in [-0.3, -0.25) is 9.59 Å². The predicted molar refractivity (Wildman–Crippen MR) is 203 cm³/mol. The van der Waals surface area contributed by atoms with Crippen molar-refractivity contribution in [3.63, 3.8) is 0 Å². The highest BCUT2D eigenvalue weighted by atomic mass is 35.5. The molecule has 342 valence electrons. The molecule has 65 heavy (non-hydrogen) atoms. The summed E-state index contributed by atoms with van der Waals surface area (Å²) in [5, 5.41) is 7.82. The van der Waals surface area contributed by atoms with E-state index in [-0.39, 0.29) is 80.0 Å². The first-order valence-electron chi connectivity index (χ1n) is 17.6. The first-order chi connectivity index (χ1) is 30.4. The van der Waals surface area contributed by atoms with Crippen LogP contribution in [-0.2, 0) is 15.9 Å². The van der Waals surface area contributed by atoms with Gasteiger partial charge in [-0.15, -0.1) is 26.3 Å². The highest BCUT2D eigenvalue weighted by Crippen LogP contribution is 2.43. The highest BCUT2D eigenvalue weighted by Gasteiger charge is 2.45. The van der Waals surface area contributed by atoms with Crippen LogP contribution in [0.4, 0.5) is 40.8 Å². The summed E-state index contributed by atoms with van der Waals surface area (Å²) in [6, 6.07) is 18.6. The fourth-order valence-electron chi connectivity index (χ4n) is 5.35. The lowest BCUT2D eigenvalue weighted by Gasteiger charge is -2.07. The fraction of sp³-hybridized carbons (Fsp3) is 0.146. The minimum absolute atomic E-state index is 0.0177. The molecule has 0 unspecified atom stereocenters. The molecule has 24 heteroatoms. The predicted octanol–water partition coefficient (Wildman–Crippen LogP) is 8.65. The minimum Gasteiger partial charge on any atom is -0.478 e. The van der Waals surface area contributed by atoms with E-state index in [4.69, 9.17) is 22.4 Å². The lowest BCUT2D eigenvalue weighted by Crippen LogP contribution is -2.25. The molecule has 3 aliphatic rings. The molecular formula is C41H26ClF8NO14. The fourth-order valence-corrected chi connectivity index (χ4v) is 5.47. The van der Waals surface area contributed by atoms with Gasteiger partial charge in [-0.05, 0) is 90.0 Å². The topological polar surface area (TPSA) is 205 Å². The lowest BCUT2D eigenvalue weighted by atomic mass is 10.0. The number of esters is 2. The van der Waals surface area contributed by atoms with Crippen LogP contribution in [0.25, 0.3) is 0 Å². The molecule has 15 nitrogen and oxygen atoms in total. The van der Waals surface area contributed by atoms with Crippen molar-refractivity contribution < 1.29 is 102 Å². The second-order valence-corrected chi connectivity index (χ2v) is 13.0. The molecule has 0 aliphatic carbocycles. The Hall–Kier alpha value is -7.82. The Kier molecular flexibility index (Phi) is 14.3. The normalized spacial score (nSPS) is 14.4. The number of Topliss-reactive ketones (excluding diaryl/α,β-unsaturated/α-hetero) is 1. The Balaban J connectivity index is 0.000000171. The van der Waals surface area contributed by atoms with Crippen molar-refractivity contribution in [2.45, 2.75) is 25.3 Å². The van der Waals surface area contributed by atoms with Gasteiger partial charge in [0.05, 0.1) is 36.6 Å². The number of benzene rings is 5. The first kappa shape index (κ1) is 48.2. The molecule has 5 aromatic rings. The van der Waals surface area contributed by atoms with E-state index in [9.17, 15) is 59.1 Å². The van der Waals surface area contributed by atoms with Gasteiger partial charge in [0.2, 0.25) is 0 Å². The molecule has 5 aromatic carbocycles. The van der Waals surface area contributed by atoms with Crippen LogP contribution in [0.2, 0.25) is 0 Å². The van der Waals surface area contributed by atoms with E-state index in [1.807, 2.05) is 0 Å². The maximum absolute atomic E-state index is 14.3. The summed E-state index contributed by atoms with van der Waals surface area (Å²) < 4.78 is 137. The van der Waals surface area contributed by atoms with E-state index in [2.05, 4.69) is 37.9 Å². The van der Waals surface area contributed by atoms with E-state index in [0.29, 0.717) is 0 Å². The number of ether oxygens (including phenoxy) is 8. The largest absolute Gasteiger partial charge is 0.586 e. The van der Waals surface area contributed by atoms with Crippen LogP contribution in [0.1, 0.15) is 57.4 Å². The van der Waals surface area contributed by atoms with Crippen molar-refractivity contribution >= 4 is 46.2 Å². The number of methoxy groups -OCH3 is 2. The number of ketones is 1. The molecule has 0 radical (unpaired) electrons. The Morgan fingerprint density at radius 3 is 1.40 bits per heavy atom. The van der Waals surface area contributed by atoms with E-state index in [1.165, 1.54) is 67.8 Å². The van der Waals surface area contributed by atoms with E-state index >= 15 is 0 Å². The maximum atomic E-state index is 14.3. The van der Waals surface area contributed by atoms with E-state index < -0.39 is 59.5 Å². The zero-order valence-electron chi connectivity index (χ0n) is 32.6. The molecule has 0 saturated carbocycles. The monoisotopic (exact) mass is 943 g/mol. The van der Waals surface area contributed by atoms with Gasteiger partial charge in [-0.2, -0.15) is 0 Å². The van der Waals surface area contributed by atoms with E-state index in [0.717, 1.165) is 37.4 Å². The lowest BCUT2D eigenvalue weighted by molar-refractivity contribution is -0.287. The van der Waals surface area contributed by atoms with Crippen molar-refractivity contribution in [2.75, 3.05) is 20.0 Å². The molecule has 0 fully saturated rings. The van der Waals surface area contributed by atoms with Gasteiger partial charge in [-0.1, -0.05) is 18.2 Å². The van der Waals surface area contributed by atoms with Crippen LogP contribution < -0.4 is 34.2 Å². The average molecular weight is 944 g/mol.